The molecule has 3 nitrogen and oxygen atoms in total. The van der Waals surface area contributed by atoms with Gasteiger partial charge in [-0.15, -0.1) is 0 Å². The van der Waals surface area contributed by atoms with E-state index < -0.39 is 11.1 Å². The number of likely N-dealkylation sites (tertiary alicyclic amines) is 1. The van der Waals surface area contributed by atoms with Gasteiger partial charge in [-0.05, 0) is 43.0 Å². The highest BCUT2D eigenvalue weighted by molar-refractivity contribution is 7.78. The maximum Gasteiger partial charge on any atom is 0.157 e. The molecule has 1 aromatic rings. The molecular formula is C14H21NO2S. The summed E-state index contributed by atoms with van der Waals surface area (Å²) in [6, 6.07) is 8.05. The van der Waals surface area contributed by atoms with Gasteiger partial charge >= 0.3 is 0 Å². The summed E-state index contributed by atoms with van der Waals surface area (Å²) in [5.74, 6) is 1.09. The zero-order valence-corrected chi connectivity index (χ0v) is 11.7. The Bertz CT molecular complexity index is 397. The molecule has 1 fully saturated rings. The fraction of sp³-hybridized carbons (Fsp3) is 0.571. The molecule has 18 heavy (non-hydrogen) atoms. The first-order valence-corrected chi connectivity index (χ1v) is 7.78. The minimum absolute atomic E-state index is 0.224. The van der Waals surface area contributed by atoms with Gasteiger partial charge < -0.3 is 4.55 Å². The van der Waals surface area contributed by atoms with Crippen molar-refractivity contribution in [3.63, 3.8) is 0 Å². The second kappa shape index (κ2) is 6.45. The van der Waals surface area contributed by atoms with Crippen molar-refractivity contribution in [2.75, 3.05) is 13.1 Å². The van der Waals surface area contributed by atoms with E-state index in [4.69, 9.17) is 4.55 Å². The van der Waals surface area contributed by atoms with Gasteiger partial charge in [0.15, 0.2) is 11.1 Å². The van der Waals surface area contributed by atoms with Crippen LogP contribution >= 0.6 is 0 Å². The molecule has 0 spiro atoms. The van der Waals surface area contributed by atoms with Gasteiger partial charge in [-0.1, -0.05) is 31.2 Å². The summed E-state index contributed by atoms with van der Waals surface area (Å²) < 4.78 is 19.5. The van der Waals surface area contributed by atoms with Crippen LogP contribution in [0.15, 0.2) is 24.3 Å². The van der Waals surface area contributed by atoms with Crippen molar-refractivity contribution in [2.24, 2.45) is 5.92 Å². The predicted octanol–water partition coefficient (Wildman–Crippen LogP) is 2.64. The molecule has 0 aliphatic carbocycles. The number of nitrogens with zero attached hydrogens (tertiary/aromatic N) is 1. The average molecular weight is 267 g/mol. The van der Waals surface area contributed by atoms with Crippen LogP contribution in [0.25, 0.3) is 0 Å². The summed E-state index contributed by atoms with van der Waals surface area (Å²) >= 11 is -1.74. The maximum absolute atomic E-state index is 10.7. The van der Waals surface area contributed by atoms with Gasteiger partial charge in [-0.3, -0.25) is 4.90 Å². The molecule has 4 heteroatoms. The molecule has 0 amide bonds. The lowest BCUT2D eigenvalue weighted by Crippen LogP contribution is -2.32. The van der Waals surface area contributed by atoms with E-state index in [-0.39, 0.29) is 5.75 Å². The van der Waals surface area contributed by atoms with E-state index in [9.17, 15) is 4.21 Å². The van der Waals surface area contributed by atoms with Crippen LogP contribution in [0.4, 0.5) is 0 Å². The SMILES string of the molecule is CC1CCN(Cc2ccc(CS(=O)O)cc2)CC1. The Kier molecular flexibility index (Phi) is 4.92. The second-order valence-electron chi connectivity index (χ2n) is 5.24. The molecular weight excluding hydrogens is 246 g/mol. The van der Waals surface area contributed by atoms with Crippen LogP contribution in [0, 0.1) is 5.92 Å². The Morgan fingerprint density at radius 2 is 1.78 bits per heavy atom. The summed E-state index contributed by atoms with van der Waals surface area (Å²) in [5, 5.41) is 0. The van der Waals surface area contributed by atoms with Gasteiger partial charge in [0, 0.05) is 6.54 Å². The lowest BCUT2D eigenvalue weighted by atomic mass is 9.99. The molecule has 0 saturated carbocycles. The molecule has 1 aliphatic heterocycles. The zero-order valence-electron chi connectivity index (χ0n) is 10.8. The Morgan fingerprint density at radius 3 is 2.33 bits per heavy atom. The Balaban J connectivity index is 1.88. The van der Waals surface area contributed by atoms with Gasteiger partial charge in [0.25, 0.3) is 0 Å². The molecule has 0 aromatic heterocycles. The predicted molar refractivity (Wildman–Crippen MR) is 74.6 cm³/mol. The third-order valence-corrected chi connectivity index (χ3v) is 4.18. The lowest BCUT2D eigenvalue weighted by Gasteiger charge is -2.30. The maximum atomic E-state index is 10.7. The molecule has 100 valence electrons. The second-order valence-corrected chi connectivity index (χ2v) is 6.17. The average Bonchev–Trinajstić information content (AvgIpc) is 2.34. The molecule has 1 unspecified atom stereocenters. The Labute approximate surface area is 111 Å². The highest BCUT2D eigenvalue weighted by atomic mass is 32.2. The summed E-state index contributed by atoms with van der Waals surface area (Å²) in [6.07, 6.45) is 2.59. The zero-order chi connectivity index (χ0) is 13.0. The van der Waals surface area contributed by atoms with E-state index in [1.807, 2.05) is 12.1 Å². The summed E-state index contributed by atoms with van der Waals surface area (Å²) in [4.78, 5) is 2.49. The lowest BCUT2D eigenvalue weighted by molar-refractivity contribution is 0.185. The number of hydrogen-bond donors (Lipinski definition) is 1. The summed E-state index contributed by atoms with van der Waals surface area (Å²) in [5.41, 5.74) is 2.21. The number of hydrogen-bond acceptors (Lipinski definition) is 2. The van der Waals surface area contributed by atoms with E-state index in [1.54, 1.807) is 0 Å². The molecule has 0 radical (unpaired) electrons. The van der Waals surface area contributed by atoms with Gasteiger partial charge in [0.2, 0.25) is 0 Å². The van der Waals surface area contributed by atoms with Crippen LogP contribution in [0.3, 0.4) is 0 Å². The van der Waals surface area contributed by atoms with E-state index in [0.29, 0.717) is 0 Å². The summed E-state index contributed by atoms with van der Waals surface area (Å²) in [6.45, 7) is 5.68. The highest BCUT2D eigenvalue weighted by Gasteiger charge is 2.15. The van der Waals surface area contributed by atoms with Crippen LogP contribution in [0.5, 0.6) is 0 Å². The fourth-order valence-electron chi connectivity index (χ4n) is 2.36. The summed E-state index contributed by atoms with van der Waals surface area (Å²) in [7, 11) is 0. The Hall–Kier alpha value is -0.710. The van der Waals surface area contributed by atoms with E-state index >= 15 is 0 Å². The minimum atomic E-state index is -1.74. The minimum Gasteiger partial charge on any atom is -0.306 e. The van der Waals surface area contributed by atoms with Gasteiger partial charge in [0.1, 0.15) is 0 Å². The number of benzene rings is 1. The van der Waals surface area contributed by atoms with Crippen molar-refractivity contribution in [3.8, 4) is 0 Å². The van der Waals surface area contributed by atoms with Crippen molar-refractivity contribution in [1.82, 2.24) is 4.90 Å². The number of rotatable bonds is 4. The van der Waals surface area contributed by atoms with Crippen molar-refractivity contribution in [3.05, 3.63) is 35.4 Å². The van der Waals surface area contributed by atoms with Crippen LogP contribution in [-0.2, 0) is 23.4 Å². The molecule has 2 rings (SSSR count). The van der Waals surface area contributed by atoms with Crippen LogP contribution in [0.2, 0.25) is 0 Å². The van der Waals surface area contributed by atoms with Crippen molar-refractivity contribution < 1.29 is 8.76 Å². The van der Waals surface area contributed by atoms with Gasteiger partial charge in [-0.2, -0.15) is 0 Å². The highest BCUT2D eigenvalue weighted by Crippen LogP contribution is 2.18. The molecule has 0 bridgehead atoms. The van der Waals surface area contributed by atoms with Crippen LogP contribution in [-0.4, -0.2) is 26.8 Å². The first-order chi connectivity index (χ1) is 8.63. The van der Waals surface area contributed by atoms with Crippen LogP contribution in [0.1, 0.15) is 30.9 Å². The van der Waals surface area contributed by atoms with Crippen molar-refractivity contribution >= 4 is 11.1 Å². The normalized spacial score (nSPS) is 19.9. The largest absolute Gasteiger partial charge is 0.306 e. The van der Waals surface area contributed by atoms with Crippen molar-refractivity contribution in [1.29, 1.82) is 0 Å². The van der Waals surface area contributed by atoms with E-state index in [1.165, 1.54) is 31.5 Å². The molecule has 1 heterocycles. The quantitative estimate of drug-likeness (QED) is 0.853. The van der Waals surface area contributed by atoms with Gasteiger partial charge in [-0.25, -0.2) is 4.21 Å². The van der Waals surface area contributed by atoms with E-state index in [0.717, 1.165) is 18.0 Å². The van der Waals surface area contributed by atoms with E-state index in [2.05, 4.69) is 24.0 Å². The molecule has 1 aliphatic rings. The molecule has 1 atom stereocenters. The first-order valence-electron chi connectivity index (χ1n) is 6.51. The first kappa shape index (κ1) is 13.7. The fourth-order valence-corrected chi connectivity index (χ4v) is 2.84. The topological polar surface area (TPSA) is 40.5 Å². The standard InChI is InChI=1S/C14H21NO2S/c1-12-6-8-15(9-7-12)10-13-2-4-14(5-3-13)11-18(16)17/h2-5,12H,6-11H2,1H3,(H,16,17). The molecule has 1 aromatic carbocycles. The third-order valence-electron chi connectivity index (χ3n) is 3.60. The Morgan fingerprint density at radius 1 is 1.22 bits per heavy atom. The monoisotopic (exact) mass is 267 g/mol. The molecule has 1 saturated heterocycles. The van der Waals surface area contributed by atoms with Crippen LogP contribution < -0.4 is 0 Å². The smallest absolute Gasteiger partial charge is 0.157 e. The molecule has 1 N–H and O–H groups in total. The third kappa shape index (κ3) is 4.19. The van der Waals surface area contributed by atoms with Gasteiger partial charge in [0.05, 0.1) is 5.75 Å². The van der Waals surface area contributed by atoms with Crippen molar-refractivity contribution in [2.45, 2.75) is 32.1 Å². The number of piperidine rings is 1.